The Morgan fingerprint density at radius 2 is 2.04 bits per heavy atom. The average molecular weight is 387 g/mol. The van der Waals surface area contributed by atoms with Crippen molar-refractivity contribution in [2.45, 2.75) is 18.9 Å². The lowest BCUT2D eigenvalue weighted by molar-refractivity contribution is -0.123. The van der Waals surface area contributed by atoms with Gasteiger partial charge in [0.1, 0.15) is 12.1 Å². The summed E-state index contributed by atoms with van der Waals surface area (Å²) < 4.78 is 6.72. The molecule has 0 radical (unpaired) electrons. The van der Waals surface area contributed by atoms with Crippen molar-refractivity contribution < 1.29 is 14.6 Å². The summed E-state index contributed by atoms with van der Waals surface area (Å²) in [5.74, 6) is 0.549. The summed E-state index contributed by atoms with van der Waals surface area (Å²) >= 11 is 1.42. The number of thiazole rings is 1. The summed E-state index contributed by atoms with van der Waals surface area (Å²) in [6.07, 6.45) is 2.85. The fourth-order valence-electron chi connectivity index (χ4n) is 3.63. The van der Waals surface area contributed by atoms with Crippen molar-refractivity contribution >= 4 is 22.2 Å². The molecule has 2 aromatic heterocycles. The molecule has 0 bridgehead atoms. The number of rotatable bonds is 5. The molecular formula is C18H21N5O3S. The van der Waals surface area contributed by atoms with E-state index in [2.05, 4.69) is 15.0 Å². The maximum absolute atomic E-state index is 11.5. The van der Waals surface area contributed by atoms with E-state index in [-0.39, 0.29) is 23.7 Å². The van der Waals surface area contributed by atoms with Crippen molar-refractivity contribution in [3.8, 4) is 11.6 Å². The topological polar surface area (TPSA) is 106 Å². The molecule has 3 heterocycles. The van der Waals surface area contributed by atoms with E-state index in [0.717, 1.165) is 29.3 Å². The number of nitrogens with zero attached hydrogens (tertiary/aromatic N) is 4. The van der Waals surface area contributed by atoms with E-state index in [1.165, 1.54) is 22.2 Å². The molecule has 9 heteroatoms. The lowest BCUT2D eigenvalue weighted by Gasteiger charge is -2.36. The van der Waals surface area contributed by atoms with E-state index in [1.807, 2.05) is 24.3 Å². The summed E-state index contributed by atoms with van der Waals surface area (Å²) in [5.41, 5.74) is 6.51. The van der Waals surface area contributed by atoms with Gasteiger partial charge in [0.05, 0.1) is 18.0 Å². The molecule has 3 N–H and O–H groups in total. The number of nitrogens with two attached hydrogens (primary N) is 1. The number of hydrogen-bond acceptors (Lipinski definition) is 7. The summed E-state index contributed by atoms with van der Waals surface area (Å²) in [4.78, 5) is 19.4. The molecule has 1 amide bonds. The number of hydrogen-bond donors (Lipinski definition) is 2. The zero-order chi connectivity index (χ0) is 19.0. The highest BCUT2D eigenvalue weighted by Gasteiger charge is 2.33. The molecule has 4 rings (SSSR count). The minimum atomic E-state index is -0.239. The predicted octanol–water partition coefficient (Wildman–Crippen LogP) is 1.79. The molecule has 1 aliphatic heterocycles. The van der Waals surface area contributed by atoms with Crippen LogP contribution in [0.3, 0.4) is 0 Å². The second-order valence-electron chi connectivity index (χ2n) is 6.63. The van der Waals surface area contributed by atoms with Crippen molar-refractivity contribution in [3.63, 3.8) is 0 Å². The number of piperidine rings is 1. The van der Waals surface area contributed by atoms with Crippen molar-refractivity contribution in [3.05, 3.63) is 41.0 Å². The molecule has 0 spiro atoms. The van der Waals surface area contributed by atoms with Gasteiger partial charge in [-0.3, -0.25) is 9.69 Å². The van der Waals surface area contributed by atoms with E-state index < -0.39 is 0 Å². The third-order valence-electron chi connectivity index (χ3n) is 5.12. The Hall–Kier alpha value is -2.65. The predicted molar refractivity (Wildman–Crippen MR) is 101 cm³/mol. The van der Waals surface area contributed by atoms with Crippen LogP contribution in [0.15, 0.2) is 30.6 Å². The summed E-state index contributed by atoms with van der Waals surface area (Å²) in [6.45, 7) is 1.44. The Kier molecular flexibility index (Phi) is 4.71. The van der Waals surface area contributed by atoms with Gasteiger partial charge >= 0.3 is 0 Å². The molecule has 1 unspecified atom stereocenters. The van der Waals surface area contributed by atoms with Crippen molar-refractivity contribution in [2.24, 2.45) is 11.7 Å². The number of carbonyl (C=O) groups is 1. The quantitative estimate of drug-likeness (QED) is 0.691. The molecular weight excluding hydrogens is 366 g/mol. The second kappa shape index (κ2) is 7.16. The van der Waals surface area contributed by atoms with Gasteiger partial charge in [0, 0.05) is 5.92 Å². The maximum atomic E-state index is 11.5. The zero-order valence-corrected chi connectivity index (χ0v) is 15.7. The monoisotopic (exact) mass is 387 g/mol. The molecule has 1 atom stereocenters. The van der Waals surface area contributed by atoms with E-state index >= 15 is 0 Å². The minimum absolute atomic E-state index is 0.0892. The van der Waals surface area contributed by atoms with Crippen molar-refractivity contribution in [1.82, 2.24) is 19.5 Å². The first kappa shape index (κ1) is 17.7. The number of primary amides is 1. The molecule has 142 valence electrons. The Morgan fingerprint density at radius 3 is 2.63 bits per heavy atom. The Morgan fingerprint density at radius 1 is 1.33 bits per heavy atom. The van der Waals surface area contributed by atoms with Crippen molar-refractivity contribution in [1.29, 1.82) is 0 Å². The lowest BCUT2D eigenvalue weighted by atomic mass is 9.93. The van der Waals surface area contributed by atoms with Crippen LogP contribution < -0.4 is 10.5 Å². The molecule has 0 saturated carbocycles. The SMILES string of the molecule is COc1ccc(C(c2sc3ncnn3c2O)N2CCC(C(N)=O)CC2)cc1. The first-order chi connectivity index (χ1) is 13.1. The number of methoxy groups -OCH3 is 1. The van der Waals surface area contributed by atoms with E-state index in [9.17, 15) is 9.90 Å². The van der Waals surface area contributed by atoms with Crippen LogP contribution in [0, 0.1) is 5.92 Å². The first-order valence-electron chi connectivity index (χ1n) is 8.77. The fourth-order valence-corrected chi connectivity index (χ4v) is 4.72. The molecule has 1 fully saturated rings. The Bertz CT molecular complexity index is 944. The minimum Gasteiger partial charge on any atom is -0.497 e. The number of aromatic hydroxyl groups is 1. The highest BCUT2D eigenvalue weighted by atomic mass is 32.1. The van der Waals surface area contributed by atoms with Gasteiger partial charge < -0.3 is 15.6 Å². The summed E-state index contributed by atoms with van der Waals surface area (Å²) in [6, 6.07) is 7.66. The fraction of sp³-hybridized carbons (Fsp3) is 0.389. The van der Waals surface area contributed by atoms with Gasteiger partial charge in [-0.25, -0.2) is 4.98 Å². The molecule has 0 aliphatic carbocycles. The first-order valence-corrected chi connectivity index (χ1v) is 9.59. The van der Waals surface area contributed by atoms with Crippen LogP contribution in [0.4, 0.5) is 0 Å². The lowest BCUT2D eigenvalue weighted by Crippen LogP contribution is -2.40. The highest BCUT2D eigenvalue weighted by molar-refractivity contribution is 7.17. The van der Waals surface area contributed by atoms with Crippen LogP contribution in [0.1, 0.15) is 29.3 Å². The van der Waals surface area contributed by atoms with Gasteiger partial charge in [0.2, 0.25) is 16.7 Å². The maximum Gasteiger partial charge on any atom is 0.230 e. The second-order valence-corrected chi connectivity index (χ2v) is 7.64. The molecule has 3 aromatic rings. The number of likely N-dealkylation sites (tertiary alicyclic amines) is 1. The van der Waals surface area contributed by atoms with E-state index in [4.69, 9.17) is 10.5 Å². The zero-order valence-electron chi connectivity index (χ0n) is 14.9. The van der Waals surface area contributed by atoms with Crippen molar-refractivity contribution in [2.75, 3.05) is 20.2 Å². The van der Waals surface area contributed by atoms with Gasteiger partial charge in [0.15, 0.2) is 0 Å². The van der Waals surface area contributed by atoms with Crippen LogP contribution in [0.5, 0.6) is 11.6 Å². The van der Waals surface area contributed by atoms with Gasteiger partial charge in [-0.15, -0.1) is 0 Å². The number of carbonyl (C=O) groups excluding carboxylic acids is 1. The molecule has 27 heavy (non-hydrogen) atoms. The van der Waals surface area contributed by atoms with E-state index in [1.54, 1.807) is 7.11 Å². The molecule has 1 aliphatic rings. The Labute approximate surface area is 160 Å². The van der Waals surface area contributed by atoms with Gasteiger partial charge in [-0.1, -0.05) is 23.5 Å². The number of amides is 1. The number of aromatic nitrogens is 3. The number of ether oxygens (including phenoxy) is 1. The van der Waals surface area contributed by atoms with Gasteiger partial charge in [-0.05, 0) is 43.6 Å². The summed E-state index contributed by atoms with van der Waals surface area (Å²) in [5, 5.41) is 14.8. The third-order valence-corrected chi connectivity index (χ3v) is 6.20. The van der Waals surface area contributed by atoms with Crippen LogP contribution in [0.25, 0.3) is 4.96 Å². The van der Waals surface area contributed by atoms with Crippen LogP contribution >= 0.6 is 11.3 Å². The molecule has 1 aromatic carbocycles. The number of benzene rings is 1. The van der Waals surface area contributed by atoms with Crippen LogP contribution in [0.2, 0.25) is 0 Å². The highest BCUT2D eigenvalue weighted by Crippen LogP contribution is 2.41. The molecule has 8 nitrogen and oxygen atoms in total. The van der Waals surface area contributed by atoms with Gasteiger partial charge in [-0.2, -0.15) is 9.61 Å². The molecule has 1 saturated heterocycles. The van der Waals surface area contributed by atoms with Crippen LogP contribution in [-0.2, 0) is 4.79 Å². The van der Waals surface area contributed by atoms with E-state index in [0.29, 0.717) is 17.8 Å². The number of fused-ring (bicyclic) bond motifs is 1. The normalized spacial score (nSPS) is 17.2. The summed E-state index contributed by atoms with van der Waals surface area (Å²) in [7, 11) is 1.63. The van der Waals surface area contributed by atoms with Gasteiger partial charge in [0.25, 0.3) is 0 Å². The Balaban J connectivity index is 1.72. The standard InChI is InChI=1S/C18H21N5O3S/c1-26-13-4-2-11(3-5-13)14(22-8-6-12(7-9-22)16(19)24)15-17(25)23-18(27-15)20-10-21-23/h2-5,10,12,14,25H,6-9H2,1H3,(H2,19,24). The third kappa shape index (κ3) is 3.24. The van der Waals surface area contributed by atoms with Crippen LogP contribution in [-0.4, -0.2) is 50.7 Å². The average Bonchev–Trinajstić information content (AvgIpc) is 3.27. The smallest absolute Gasteiger partial charge is 0.230 e. The largest absolute Gasteiger partial charge is 0.497 e.